The lowest BCUT2D eigenvalue weighted by molar-refractivity contribution is -0.385. The number of esters is 1. The number of rotatable bonds is 9. The summed E-state index contributed by atoms with van der Waals surface area (Å²) in [7, 11) is 0. The van der Waals surface area contributed by atoms with Crippen molar-refractivity contribution in [1.29, 1.82) is 0 Å². The number of carbonyl (C=O) groups is 1. The van der Waals surface area contributed by atoms with Gasteiger partial charge in [-0.05, 0) is 37.5 Å². The Labute approximate surface area is 139 Å². The van der Waals surface area contributed by atoms with Gasteiger partial charge in [-0.15, -0.1) is 0 Å². The molecule has 2 rings (SSSR count). The SMILES string of the molecule is O=C(OCCCCCNc1ccc([N+](=O)[O-])cn1)c1cccnc1. The molecule has 8 nitrogen and oxygen atoms in total. The van der Waals surface area contributed by atoms with Crippen LogP contribution in [0.5, 0.6) is 0 Å². The van der Waals surface area contributed by atoms with E-state index in [1.807, 2.05) is 0 Å². The first-order valence-electron chi connectivity index (χ1n) is 7.58. The van der Waals surface area contributed by atoms with Gasteiger partial charge in [0.25, 0.3) is 5.69 Å². The highest BCUT2D eigenvalue weighted by atomic mass is 16.6. The van der Waals surface area contributed by atoms with E-state index in [0.717, 1.165) is 19.3 Å². The normalized spacial score (nSPS) is 10.2. The Hall–Kier alpha value is -3.03. The number of hydrogen-bond acceptors (Lipinski definition) is 7. The molecule has 0 aliphatic carbocycles. The molecule has 2 aromatic heterocycles. The summed E-state index contributed by atoms with van der Waals surface area (Å²) in [6.45, 7) is 1.06. The first-order chi connectivity index (χ1) is 11.7. The maximum absolute atomic E-state index is 11.7. The van der Waals surface area contributed by atoms with E-state index in [0.29, 0.717) is 24.5 Å². The highest BCUT2D eigenvalue weighted by Gasteiger charge is 2.06. The Morgan fingerprint density at radius 3 is 2.75 bits per heavy atom. The van der Waals surface area contributed by atoms with E-state index in [1.165, 1.54) is 18.5 Å². The van der Waals surface area contributed by atoms with E-state index in [2.05, 4.69) is 15.3 Å². The van der Waals surface area contributed by atoms with Gasteiger partial charge in [-0.1, -0.05) is 0 Å². The summed E-state index contributed by atoms with van der Waals surface area (Å²) >= 11 is 0. The first-order valence-corrected chi connectivity index (χ1v) is 7.58. The van der Waals surface area contributed by atoms with Crippen LogP contribution in [-0.4, -0.2) is 34.0 Å². The number of pyridine rings is 2. The second-order valence-electron chi connectivity index (χ2n) is 5.02. The number of nitro groups is 1. The molecule has 0 radical (unpaired) electrons. The number of hydrogen-bond donors (Lipinski definition) is 1. The first kappa shape index (κ1) is 17.3. The van der Waals surface area contributed by atoms with Crippen molar-refractivity contribution < 1.29 is 14.5 Å². The Kier molecular flexibility index (Phi) is 6.63. The summed E-state index contributed by atoms with van der Waals surface area (Å²) in [5.41, 5.74) is 0.416. The van der Waals surface area contributed by atoms with Gasteiger partial charge in [0, 0.05) is 25.0 Å². The Morgan fingerprint density at radius 1 is 1.21 bits per heavy atom. The van der Waals surface area contributed by atoms with Gasteiger partial charge in [0.15, 0.2) is 0 Å². The van der Waals surface area contributed by atoms with Gasteiger partial charge in [-0.2, -0.15) is 0 Å². The summed E-state index contributed by atoms with van der Waals surface area (Å²) < 4.78 is 5.15. The fraction of sp³-hybridized carbons (Fsp3) is 0.312. The molecule has 0 aromatic carbocycles. The average Bonchev–Trinajstić information content (AvgIpc) is 2.62. The Morgan fingerprint density at radius 2 is 2.08 bits per heavy atom. The van der Waals surface area contributed by atoms with Crippen LogP contribution >= 0.6 is 0 Å². The van der Waals surface area contributed by atoms with E-state index in [-0.39, 0.29) is 11.7 Å². The van der Waals surface area contributed by atoms with Gasteiger partial charge < -0.3 is 10.1 Å². The van der Waals surface area contributed by atoms with Crippen molar-refractivity contribution in [2.24, 2.45) is 0 Å². The number of nitrogens with one attached hydrogen (secondary N) is 1. The maximum Gasteiger partial charge on any atom is 0.339 e. The van der Waals surface area contributed by atoms with Gasteiger partial charge >= 0.3 is 5.97 Å². The van der Waals surface area contributed by atoms with Gasteiger partial charge in [0.05, 0.1) is 17.1 Å². The van der Waals surface area contributed by atoms with Crippen molar-refractivity contribution in [3.63, 3.8) is 0 Å². The standard InChI is InChI=1S/C16H18N4O4/c21-16(13-5-4-8-17-11-13)24-10-3-1-2-9-18-15-7-6-14(12-19-15)20(22)23/h4-8,11-12H,1-3,9-10H2,(H,18,19). The van der Waals surface area contributed by atoms with E-state index in [4.69, 9.17) is 4.74 Å². The predicted octanol–water partition coefficient (Wildman–Crippen LogP) is 2.82. The molecule has 0 aliphatic heterocycles. The number of ether oxygens (including phenoxy) is 1. The lowest BCUT2D eigenvalue weighted by atomic mass is 10.2. The number of aromatic nitrogens is 2. The fourth-order valence-corrected chi connectivity index (χ4v) is 1.95. The van der Waals surface area contributed by atoms with E-state index in [1.54, 1.807) is 24.4 Å². The van der Waals surface area contributed by atoms with Gasteiger partial charge in [0.1, 0.15) is 12.0 Å². The van der Waals surface area contributed by atoms with E-state index >= 15 is 0 Å². The molecule has 0 amide bonds. The third-order valence-corrected chi connectivity index (χ3v) is 3.22. The topological polar surface area (TPSA) is 107 Å². The van der Waals surface area contributed by atoms with Crippen molar-refractivity contribution in [3.05, 3.63) is 58.5 Å². The molecule has 0 unspecified atom stereocenters. The van der Waals surface area contributed by atoms with E-state index < -0.39 is 4.92 Å². The highest BCUT2D eigenvalue weighted by Crippen LogP contribution is 2.11. The molecule has 8 heteroatoms. The van der Waals surface area contributed by atoms with Crippen LogP contribution in [0.4, 0.5) is 11.5 Å². The number of unbranched alkanes of at least 4 members (excludes halogenated alkanes) is 2. The minimum absolute atomic E-state index is 0.0315. The van der Waals surface area contributed by atoms with Crippen molar-refractivity contribution in [3.8, 4) is 0 Å². The van der Waals surface area contributed by atoms with Crippen molar-refractivity contribution in [2.45, 2.75) is 19.3 Å². The summed E-state index contributed by atoms with van der Waals surface area (Å²) in [6.07, 6.45) is 6.83. The lowest BCUT2D eigenvalue weighted by Crippen LogP contribution is -2.07. The minimum atomic E-state index is -0.483. The molecule has 126 valence electrons. The zero-order valence-electron chi connectivity index (χ0n) is 13.1. The zero-order chi connectivity index (χ0) is 17.2. The average molecular weight is 330 g/mol. The predicted molar refractivity (Wildman–Crippen MR) is 87.8 cm³/mol. The second-order valence-corrected chi connectivity index (χ2v) is 5.02. The third-order valence-electron chi connectivity index (χ3n) is 3.22. The number of anilines is 1. The van der Waals surface area contributed by atoms with Crippen LogP contribution in [0.2, 0.25) is 0 Å². The summed E-state index contributed by atoms with van der Waals surface area (Å²) in [5.74, 6) is 0.236. The smallest absolute Gasteiger partial charge is 0.339 e. The largest absolute Gasteiger partial charge is 0.462 e. The highest BCUT2D eigenvalue weighted by molar-refractivity contribution is 5.88. The molecule has 1 N–H and O–H groups in total. The van der Waals surface area contributed by atoms with Crippen molar-refractivity contribution in [2.75, 3.05) is 18.5 Å². The lowest BCUT2D eigenvalue weighted by Gasteiger charge is -2.06. The molecule has 24 heavy (non-hydrogen) atoms. The van der Waals surface area contributed by atoms with Crippen LogP contribution in [0.3, 0.4) is 0 Å². The number of nitrogens with zero attached hydrogens (tertiary/aromatic N) is 3. The summed E-state index contributed by atoms with van der Waals surface area (Å²) in [4.78, 5) is 29.5. The molecule has 0 saturated carbocycles. The third kappa shape index (κ3) is 5.64. The van der Waals surface area contributed by atoms with Crippen LogP contribution < -0.4 is 5.32 Å². The van der Waals surface area contributed by atoms with Crippen LogP contribution in [-0.2, 0) is 4.74 Å². The molecule has 0 atom stereocenters. The molecule has 0 saturated heterocycles. The molecule has 0 fully saturated rings. The van der Waals surface area contributed by atoms with Gasteiger partial charge in [-0.25, -0.2) is 9.78 Å². The van der Waals surface area contributed by atoms with E-state index in [9.17, 15) is 14.9 Å². The van der Waals surface area contributed by atoms with Crippen LogP contribution in [0.25, 0.3) is 0 Å². The van der Waals surface area contributed by atoms with Crippen LogP contribution in [0.1, 0.15) is 29.6 Å². The number of carbonyl (C=O) groups excluding carboxylic acids is 1. The molecule has 2 heterocycles. The molecular weight excluding hydrogens is 312 g/mol. The zero-order valence-corrected chi connectivity index (χ0v) is 13.1. The Bertz CT molecular complexity index is 662. The fourth-order valence-electron chi connectivity index (χ4n) is 1.95. The molecule has 0 spiro atoms. The minimum Gasteiger partial charge on any atom is -0.462 e. The van der Waals surface area contributed by atoms with Crippen LogP contribution in [0, 0.1) is 10.1 Å². The quantitative estimate of drug-likeness (QED) is 0.326. The maximum atomic E-state index is 11.7. The molecule has 0 aliphatic rings. The van der Waals surface area contributed by atoms with Crippen LogP contribution in [0.15, 0.2) is 42.9 Å². The second kappa shape index (κ2) is 9.19. The molecular formula is C16H18N4O4. The van der Waals surface area contributed by atoms with Crippen molar-refractivity contribution in [1.82, 2.24) is 9.97 Å². The summed E-state index contributed by atoms with van der Waals surface area (Å²) in [6, 6.07) is 6.34. The Balaban J connectivity index is 1.55. The van der Waals surface area contributed by atoms with Gasteiger partial charge in [-0.3, -0.25) is 15.1 Å². The summed E-state index contributed by atoms with van der Waals surface area (Å²) in [5, 5.41) is 13.6. The van der Waals surface area contributed by atoms with Gasteiger partial charge in [0.2, 0.25) is 0 Å². The molecule has 2 aromatic rings. The monoisotopic (exact) mass is 330 g/mol. The van der Waals surface area contributed by atoms with Crippen molar-refractivity contribution >= 4 is 17.5 Å². The molecule has 0 bridgehead atoms.